The highest BCUT2D eigenvalue weighted by Gasteiger charge is 2.20. The SMILES string of the molecule is CC(C)N(CCC(=O)O)C(=O)c1ccc(=O)[nH]n1. The fraction of sp³-hybridized carbons (Fsp3) is 0.455. The summed E-state index contributed by atoms with van der Waals surface area (Å²) in [5.74, 6) is -1.37. The third kappa shape index (κ3) is 3.69. The second-order valence-electron chi connectivity index (χ2n) is 4.04. The van der Waals surface area contributed by atoms with Gasteiger partial charge in [0.1, 0.15) is 5.69 Å². The highest BCUT2D eigenvalue weighted by Crippen LogP contribution is 2.06. The van der Waals surface area contributed by atoms with Crippen molar-refractivity contribution in [2.75, 3.05) is 6.54 Å². The molecule has 18 heavy (non-hydrogen) atoms. The van der Waals surface area contributed by atoms with Gasteiger partial charge >= 0.3 is 5.97 Å². The smallest absolute Gasteiger partial charge is 0.305 e. The lowest BCUT2D eigenvalue weighted by atomic mass is 10.2. The van der Waals surface area contributed by atoms with Crippen LogP contribution in [0.2, 0.25) is 0 Å². The van der Waals surface area contributed by atoms with Gasteiger partial charge in [-0.25, -0.2) is 5.10 Å². The Morgan fingerprint density at radius 2 is 2.11 bits per heavy atom. The Kier molecular flexibility index (Phi) is 4.59. The predicted molar refractivity (Wildman–Crippen MR) is 63.3 cm³/mol. The van der Waals surface area contributed by atoms with Gasteiger partial charge in [0.05, 0.1) is 6.42 Å². The van der Waals surface area contributed by atoms with E-state index >= 15 is 0 Å². The van der Waals surface area contributed by atoms with Crippen LogP contribution >= 0.6 is 0 Å². The summed E-state index contributed by atoms with van der Waals surface area (Å²) in [6.07, 6.45) is -0.132. The zero-order valence-corrected chi connectivity index (χ0v) is 10.2. The second-order valence-corrected chi connectivity index (χ2v) is 4.04. The highest BCUT2D eigenvalue weighted by atomic mass is 16.4. The Hall–Kier alpha value is -2.18. The molecule has 0 saturated heterocycles. The van der Waals surface area contributed by atoms with Gasteiger partial charge in [0.25, 0.3) is 11.5 Å². The first-order valence-corrected chi connectivity index (χ1v) is 5.50. The van der Waals surface area contributed by atoms with E-state index < -0.39 is 17.4 Å². The summed E-state index contributed by atoms with van der Waals surface area (Å²) in [7, 11) is 0. The maximum atomic E-state index is 12.1. The molecule has 2 N–H and O–H groups in total. The van der Waals surface area contributed by atoms with Crippen molar-refractivity contribution in [3.63, 3.8) is 0 Å². The fourth-order valence-electron chi connectivity index (χ4n) is 1.42. The van der Waals surface area contributed by atoms with E-state index in [0.717, 1.165) is 0 Å². The summed E-state index contributed by atoms with van der Waals surface area (Å²) in [6.45, 7) is 3.67. The topological polar surface area (TPSA) is 103 Å². The Labute approximate surface area is 103 Å². The van der Waals surface area contributed by atoms with Crippen LogP contribution in [0.15, 0.2) is 16.9 Å². The van der Waals surface area contributed by atoms with E-state index in [4.69, 9.17) is 5.11 Å². The normalized spacial score (nSPS) is 10.4. The molecule has 0 aromatic carbocycles. The number of carbonyl (C=O) groups excluding carboxylic acids is 1. The number of nitrogens with one attached hydrogen (secondary N) is 1. The van der Waals surface area contributed by atoms with Gasteiger partial charge in [-0.1, -0.05) is 0 Å². The largest absolute Gasteiger partial charge is 0.481 e. The molecule has 0 aliphatic heterocycles. The van der Waals surface area contributed by atoms with Crippen molar-refractivity contribution in [3.8, 4) is 0 Å². The van der Waals surface area contributed by atoms with Crippen LogP contribution in [-0.4, -0.2) is 44.7 Å². The lowest BCUT2D eigenvalue weighted by Gasteiger charge is -2.25. The standard InChI is InChI=1S/C11H15N3O4/c1-7(2)14(6-5-10(16)17)11(18)8-3-4-9(15)13-12-8/h3-4,7H,5-6H2,1-2H3,(H,13,15)(H,16,17). The van der Waals surface area contributed by atoms with Crippen LogP contribution in [0.3, 0.4) is 0 Å². The van der Waals surface area contributed by atoms with Crippen molar-refractivity contribution in [2.24, 2.45) is 0 Å². The van der Waals surface area contributed by atoms with Gasteiger partial charge in [-0.3, -0.25) is 14.4 Å². The lowest BCUT2D eigenvalue weighted by molar-refractivity contribution is -0.137. The molecule has 0 fully saturated rings. The van der Waals surface area contributed by atoms with E-state index in [-0.39, 0.29) is 24.7 Å². The number of carboxylic acids is 1. The molecule has 7 heteroatoms. The maximum absolute atomic E-state index is 12.1. The minimum atomic E-state index is -0.970. The van der Waals surface area contributed by atoms with Crippen molar-refractivity contribution in [3.05, 3.63) is 28.2 Å². The summed E-state index contributed by atoms with van der Waals surface area (Å²) >= 11 is 0. The van der Waals surface area contributed by atoms with Crippen LogP contribution < -0.4 is 5.56 Å². The molecule has 0 radical (unpaired) electrons. The van der Waals surface area contributed by atoms with Crippen molar-refractivity contribution < 1.29 is 14.7 Å². The molecule has 0 saturated carbocycles. The van der Waals surface area contributed by atoms with Gasteiger partial charge in [-0.05, 0) is 19.9 Å². The summed E-state index contributed by atoms with van der Waals surface area (Å²) in [6, 6.07) is 2.37. The third-order valence-electron chi connectivity index (χ3n) is 2.35. The Balaban J connectivity index is 2.85. The van der Waals surface area contributed by atoms with Crippen LogP contribution in [0.4, 0.5) is 0 Å². The van der Waals surface area contributed by atoms with Crippen molar-refractivity contribution >= 4 is 11.9 Å². The molecule has 0 aliphatic carbocycles. The quantitative estimate of drug-likeness (QED) is 0.774. The molecule has 98 valence electrons. The van der Waals surface area contributed by atoms with E-state index in [9.17, 15) is 14.4 Å². The molecular weight excluding hydrogens is 238 g/mol. The first-order valence-electron chi connectivity index (χ1n) is 5.50. The molecule has 0 unspecified atom stereocenters. The van der Waals surface area contributed by atoms with E-state index in [1.807, 2.05) is 0 Å². The van der Waals surface area contributed by atoms with E-state index in [1.54, 1.807) is 13.8 Å². The zero-order valence-electron chi connectivity index (χ0n) is 10.2. The number of rotatable bonds is 5. The first kappa shape index (κ1) is 13.9. The molecule has 1 heterocycles. The number of carboxylic acid groups (broad SMARTS) is 1. The molecule has 0 spiro atoms. The number of aliphatic carboxylic acids is 1. The number of nitrogens with zero attached hydrogens (tertiary/aromatic N) is 2. The molecule has 1 amide bonds. The predicted octanol–water partition coefficient (Wildman–Crippen LogP) is 0.0952. The zero-order chi connectivity index (χ0) is 13.7. The number of aromatic amines is 1. The number of H-pyrrole nitrogens is 1. The van der Waals surface area contributed by atoms with Gasteiger partial charge in [-0.2, -0.15) is 5.10 Å². The first-order chi connectivity index (χ1) is 8.41. The minimum Gasteiger partial charge on any atom is -0.481 e. The fourth-order valence-corrected chi connectivity index (χ4v) is 1.42. The summed E-state index contributed by atoms with van der Waals surface area (Å²) in [4.78, 5) is 34.8. The highest BCUT2D eigenvalue weighted by molar-refractivity contribution is 5.92. The van der Waals surface area contributed by atoms with Crippen molar-refractivity contribution in [1.82, 2.24) is 15.1 Å². The Morgan fingerprint density at radius 3 is 2.56 bits per heavy atom. The Morgan fingerprint density at radius 1 is 1.44 bits per heavy atom. The van der Waals surface area contributed by atoms with Gasteiger partial charge in [0.15, 0.2) is 0 Å². The summed E-state index contributed by atoms with van der Waals surface area (Å²) in [5.41, 5.74) is -0.304. The number of hydrogen-bond acceptors (Lipinski definition) is 4. The average Bonchev–Trinajstić information content (AvgIpc) is 2.29. The maximum Gasteiger partial charge on any atom is 0.305 e. The van der Waals surface area contributed by atoms with Crippen LogP contribution in [-0.2, 0) is 4.79 Å². The lowest BCUT2D eigenvalue weighted by Crippen LogP contribution is -2.39. The molecular formula is C11H15N3O4. The van der Waals surface area contributed by atoms with Gasteiger partial charge < -0.3 is 10.0 Å². The minimum absolute atomic E-state index is 0.0914. The number of carbonyl (C=O) groups is 2. The molecule has 1 rings (SSSR count). The van der Waals surface area contributed by atoms with Gasteiger partial charge in [0, 0.05) is 18.7 Å². The number of amides is 1. The van der Waals surface area contributed by atoms with Gasteiger partial charge in [-0.15, -0.1) is 0 Å². The third-order valence-corrected chi connectivity index (χ3v) is 2.35. The van der Waals surface area contributed by atoms with Crippen LogP contribution in [0.25, 0.3) is 0 Å². The van der Waals surface area contributed by atoms with E-state index in [1.165, 1.54) is 17.0 Å². The van der Waals surface area contributed by atoms with Crippen molar-refractivity contribution in [1.29, 1.82) is 0 Å². The molecule has 0 bridgehead atoms. The Bertz CT molecular complexity index is 475. The van der Waals surface area contributed by atoms with E-state index in [0.29, 0.717) is 0 Å². The molecule has 0 atom stereocenters. The summed E-state index contributed by atoms with van der Waals surface area (Å²) in [5, 5.41) is 14.4. The number of aromatic nitrogens is 2. The average molecular weight is 253 g/mol. The van der Waals surface area contributed by atoms with Crippen LogP contribution in [0.1, 0.15) is 30.8 Å². The molecule has 1 aromatic rings. The molecule has 0 aliphatic rings. The van der Waals surface area contributed by atoms with Crippen LogP contribution in [0, 0.1) is 0 Å². The summed E-state index contributed by atoms with van der Waals surface area (Å²) < 4.78 is 0. The molecule has 7 nitrogen and oxygen atoms in total. The second kappa shape index (κ2) is 5.95. The number of hydrogen-bond donors (Lipinski definition) is 2. The van der Waals surface area contributed by atoms with Gasteiger partial charge in [0.2, 0.25) is 0 Å². The van der Waals surface area contributed by atoms with Crippen LogP contribution in [0.5, 0.6) is 0 Å². The van der Waals surface area contributed by atoms with E-state index in [2.05, 4.69) is 10.2 Å². The molecule has 1 aromatic heterocycles. The van der Waals surface area contributed by atoms with Crippen molar-refractivity contribution in [2.45, 2.75) is 26.3 Å². The monoisotopic (exact) mass is 253 g/mol.